The Hall–Kier alpha value is -1.88. The summed E-state index contributed by atoms with van der Waals surface area (Å²) in [4.78, 5) is 21.7. The first-order chi connectivity index (χ1) is 9.19. The predicted octanol–water partition coefficient (Wildman–Crippen LogP) is 2.10. The molecule has 0 aliphatic heterocycles. The van der Waals surface area contributed by atoms with Crippen molar-refractivity contribution >= 4 is 16.8 Å². The van der Waals surface area contributed by atoms with E-state index in [1.54, 1.807) is 19.5 Å². The minimum atomic E-state index is 0.102. The molecule has 0 aliphatic rings. The SMILES string of the molecule is CCN(CC)CC(=O)c1c[nH]c2ncc(OC)cc12. The van der Waals surface area contributed by atoms with E-state index in [-0.39, 0.29) is 5.78 Å². The molecule has 0 aromatic carbocycles. The van der Waals surface area contributed by atoms with E-state index in [1.165, 1.54) is 0 Å². The molecule has 102 valence electrons. The summed E-state index contributed by atoms with van der Waals surface area (Å²) in [5.41, 5.74) is 1.39. The molecule has 0 saturated heterocycles. The lowest BCUT2D eigenvalue weighted by Gasteiger charge is -2.16. The standard InChI is InChI=1S/C14H19N3O2/c1-4-17(5-2)9-13(18)12-8-16-14-11(12)6-10(19-3)7-15-14/h6-8H,4-5,9H2,1-3H3,(H,15,16). The van der Waals surface area contributed by atoms with Gasteiger partial charge in [-0.3, -0.25) is 9.69 Å². The molecule has 0 saturated carbocycles. The van der Waals surface area contributed by atoms with Crippen LogP contribution in [-0.4, -0.2) is 47.4 Å². The molecular weight excluding hydrogens is 242 g/mol. The van der Waals surface area contributed by atoms with Crippen molar-refractivity contribution in [3.05, 3.63) is 24.0 Å². The highest BCUT2D eigenvalue weighted by Crippen LogP contribution is 2.21. The number of methoxy groups -OCH3 is 1. The molecule has 0 amide bonds. The van der Waals surface area contributed by atoms with Gasteiger partial charge in [0.1, 0.15) is 11.4 Å². The first kappa shape index (κ1) is 13.5. The average Bonchev–Trinajstić information content (AvgIpc) is 2.87. The maximum atomic E-state index is 12.3. The normalized spacial score (nSPS) is 11.2. The van der Waals surface area contributed by atoms with Crippen LogP contribution in [0.3, 0.4) is 0 Å². The minimum Gasteiger partial charge on any atom is -0.495 e. The molecule has 5 heteroatoms. The van der Waals surface area contributed by atoms with Gasteiger partial charge in [-0.2, -0.15) is 0 Å². The Kier molecular flexibility index (Phi) is 4.16. The third-order valence-corrected chi connectivity index (χ3v) is 3.30. The first-order valence-corrected chi connectivity index (χ1v) is 6.46. The van der Waals surface area contributed by atoms with Crippen LogP contribution in [-0.2, 0) is 0 Å². The summed E-state index contributed by atoms with van der Waals surface area (Å²) >= 11 is 0. The van der Waals surface area contributed by atoms with Crippen molar-refractivity contribution in [3.8, 4) is 5.75 Å². The zero-order valence-corrected chi connectivity index (χ0v) is 11.6. The number of likely N-dealkylation sites (N-methyl/N-ethyl adjacent to an activating group) is 1. The maximum absolute atomic E-state index is 12.3. The molecule has 0 aliphatic carbocycles. The van der Waals surface area contributed by atoms with Gasteiger partial charge in [0.2, 0.25) is 0 Å². The number of ether oxygens (including phenoxy) is 1. The number of aromatic nitrogens is 2. The Morgan fingerprint density at radius 2 is 2.16 bits per heavy atom. The number of nitrogens with one attached hydrogen (secondary N) is 1. The first-order valence-electron chi connectivity index (χ1n) is 6.46. The monoisotopic (exact) mass is 261 g/mol. The van der Waals surface area contributed by atoms with Gasteiger partial charge in [-0.15, -0.1) is 0 Å². The molecular formula is C14H19N3O2. The molecule has 1 N–H and O–H groups in total. The lowest BCUT2D eigenvalue weighted by Crippen LogP contribution is -2.29. The number of H-pyrrole nitrogens is 1. The van der Waals surface area contributed by atoms with E-state index in [4.69, 9.17) is 4.74 Å². The Morgan fingerprint density at radius 1 is 1.42 bits per heavy atom. The molecule has 0 spiro atoms. The van der Waals surface area contributed by atoms with Crippen molar-refractivity contribution in [1.29, 1.82) is 0 Å². The zero-order valence-electron chi connectivity index (χ0n) is 11.6. The third kappa shape index (κ3) is 2.76. The summed E-state index contributed by atoms with van der Waals surface area (Å²) in [6, 6.07) is 1.84. The van der Waals surface area contributed by atoms with Crippen molar-refractivity contribution in [1.82, 2.24) is 14.9 Å². The van der Waals surface area contributed by atoms with Crippen molar-refractivity contribution in [2.24, 2.45) is 0 Å². The number of Topliss-reactive ketones (excluding diaryl/α,β-unsaturated/α-hetero) is 1. The fraction of sp³-hybridized carbons (Fsp3) is 0.429. The predicted molar refractivity (Wildman–Crippen MR) is 74.8 cm³/mol. The lowest BCUT2D eigenvalue weighted by molar-refractivity contribution is 0.0939. The van der Waals surface area contributed by atoms with Gasteiger partial charge >= 0.3 is 0 Å². The fourth-order valence-electron chi connectivity index (χ4n) is 2.06. The van der Waals surface area contributed by atoms with E-state index >= 15 is 0 Å². The highest BCUT2D eigenvalue weighted by molar-refractivity contribution is 6.08. The van der Waals surface area contributed by atoms with E-state index < -0.39 is 0 Å². The van der Waals surface area contributed by atoms with Crippen LogP contribution in [0.5, 0.6) is 5.75 Å². The molecule has 0 atom stereocenters. The van der Waals surface area contributed by atoms with E-state index in [2.05, 4.69) is 28.7 Å². The second-order valence-electron chi connectivity index (χ2n) is 4.36. The molecule has 2 heterocycles. The number of carbonyl (C=O) groups is 1. The van der Waals surface area contributed by atoms with Crippen molar-refractivity contribution in [3.63, 3.8) is 0 Å². The Balaban J connectivity index is 2.31. The van der Waals surface area contributed by atoms with Crippen molar-refractivity contribution in [2.75, 3.05) is 26.7 Å². The summed E-state index contributed by atoms with van der Waals surface area (Å²) in [6.07, 6.45) is 3.36. The fourth-order valence-corrected chi connectivity index (χ4v) is 2.06. The lowest BCUT2D eigenvalue weighted by atomic mass is 10.1. The second-order valence-corrected chi connectivity index (χ2v) is 4.36. The van der Waals surface area contributed by atoms with Gasteiger partial charge in [-0.05, 0) is 19.2 Å². The highest BCUT2D eigenvalue weighted by atomic mass is 16.5. The largest absolute Gasteiger partial charge is 0.495 e. The summed E-state index contributed by atoms with van der Waals surface area (Å²) in [5, 5.41) is 0.816. The number of carbonyl (C=O) groups excluding carboxylic acids is 1. The van der Waals surface area contributed by atoms with Gasteiger partial charge in [0.05, 0.1) is 19.9 Å². The molecule has 0 fully saturated rings. The van der Waals surface area contributed by atoms with Gasteiger partial charge in [0.25, 0.3) is 0 Å². The quantitative estimate of drug-likeness (QED) is 0.809. The molecule has 19 heavy (non-hydrogen) atoms. The van der Waals surface area contributed by atoms with Crippen LogP contribution in [0.4, 0.5) is 0 Å². The number of rotatable bonds is 6. The van der Waals surface area contributed by atoms with Crippen LogP contribution in [0.25, 0.3) is 11.0 Å². The third-order valence-electron chi connectivity index (χ3n) is 3.30. The van der Waals surface area contributed by atoms with Crippen molar-refractivity contribution in [2.45, 2.75) is 13.8 Å². The number of fused-ring (bicyclic) bond motifs is 1. The molecule has 0 bridgehead atoms. The van der Waals surface area contributed by atoms with E-state index in [0.29, 0.717) is 23.5 Å². The van der Waals surface area contributed by atoms with Crippen LogP contribution < -0.4 is 4.74 Å². The maximum Gasteiger partial charge on any atom is 0.179 e. The van der Waals surface area contributed by atoms with Crippen LogP contribution in [0.2, 0.25) is 0 Å². The molecule has 2 rings (SSSR count). The summed E-state index contributed by atoms with van der Waals surface area (Å²) in [5.74, 6) is 0.758. The topological polar surface area (TPSA) is 58.2 Å². The van der Waals surface area contributed by atoms with Crippen LogP contribution >= 0.6 is 0 Å². The van der Waals surface area contributed by atoms with Gasteiger partial charge < -0.3 is 9.72 Å². The molecule has 2 aromatic heterocycles. The minimum absolute atomic E-state index is 0.102. The second kappa shape index (κ2) is 5.84. The average molecular weight is 261 g/mol. The Morgan fingerprint density at radius 3 is 2.79 bits per heavy atom. The number of hydrogen-bond acceptors (Lipinski definition) is 4. The van der Waals surface area contributed by atoms with Gasteiger partial charge in [-0.25, -0.2) is 4.98 Å². The summed E-state index contributed by atoms with van der Waals surface area (Å²) < 4.78 is 5.15. The van der Waals surface area contributed by atoms with E-state index in [9.17, 15) is 4.79 Å². The zero-order chi connectivity index (χ0) is 13.8. The summed E-state index contributed by atoms with van der Waals surface area (Å²) in [7, 11) is 1.59. The Labute approximate surface area is 112 Å². The number of nitrogens with zero attached hydrogens (tertiary/aromatic N) is 2. The summed E-state index contributed by atoms with van der Waals surface area (Å²) in [6.45, 7) is 6.27. The molecule has 0 unspecified atom stereocenters. The number of hydrogen-bond donors (Lipinski definition) is 1. The number of ketones is 1. The molecule has 0 radical (unpaired) electrons. The van der Waals surface area contributed by atoms with Gasteiger partial charge in [0, 0.05) is 17.1 Å². The molecule has 2 aromatic rings. The van der Waals surface area contributed by atoms with E-state index in [0.717, 1.165) is 18.5 Å². The molecule has 5 nitrogen and oxygen atoms in total. The van der Waals surface area contributed by atoms with Crippen LogP contribution in [0.1, 0.15) is 24.2 Å². The van der Waals surface area contributed by atoms with Crippen molar-refractivity contribution < 1.29 is 9.53 Å². The smallest absolute Gasteiger partial charge is 0.179 e. The van der Waals surface area contributed by atoms with Crippen LogP contribution in [0.15, 0.2) is 18.5 Å². The highest BCUT2D eigenvalue weighted by Gasteiger charge is 2.15. The van der Waals surface area contributed by atoms with Gasteiger partial charge in [0.15, 0.2) is 5.78 Å². The Bertz CT molecular complexity index is 573. The van der Waals surface area contributed by atoms with E-state index in [1.807, 2.05) is 6.07 Å². The van der Waals surface area contributed by atoms with Crippen LogP contribution in [0, 0.1) is 0 Å². The number of aromatic amines is 1. The van der Waals surface area contributed by atoms with Gasteiger partial charge in [-0.1, -0.05) is 13.8 Å². The number of pyridine rings is 1.